The Morgan fingerprint density at radius 3 is 2.46 bits per heavy atom. The smallest absolute Gasteiger partial charge is 0.254 e. The zero-order chi connectivity index (χ0) is 18.6. The number of furan rings is 1. The molecule has 1 amide bonds. The number of rotatable bonds is 6. The average molecular weight is 357 g/mol. The van der Waals surface area contributed by atoms with Crippen LogP contribution in [0.2, 0.25) is 0 Å². The minimum Gasteiger partial charge on any atom is -0.494 e. The lowest BCUT2D eigenvalue weighted by Crippen LogP contribution is -2.44. The van der Waals surface area contributed by atoms with Gasteiger partial charge in [0.15, 0.2) is 0 Å². The van der Waals surface area contributed by atoms with Crippen molar-refractivity contribution in [2.24, 2.45) is 0 Å². The largest absolute Gasteiger partial charge is 0.494 e. The Morgan fingerprint density at radius 2 is 1.88 bits per heavy atom. The van der Waals surface area contributed by atoms with E-state index < -0.39 is 0 Å². The molecule has 3 rings (SSSR count). The van der Waals surface area contributed by atoms with Crippen LogP contribution in [0.5, 0.6) is 5.75 Å². The molecule has 140 valence electrons. The first kappa shape index (κ1) is 18.5. The van der Waals surface area contributed by atoms with Crippen molar-refractivity contribution in [3.63, 3.8) is 0 Å². The minimum absolute atomic E-state index is 0.0869. The maximum atomic E-state index is 12.6. The number of carbonyl (C=O) groups is 1. The average Bonchev–Trinajstić information content (AvgIpc) is 3.00. The van der Waals surface area contributed by atoms with E-state index >= 15 is 0 Å². The first-order chi connectivity index (χ1) is 12.5. The molecule has 0 atom stereocenters. The summed E-state index contributed by atoms with van der Waals surface area (Å²) in [6.45, 7) is 8.27. The highest BCUT2D eigenvalue weighted by Gasteiger charge is 2.35. The minimum atomic E-state index is -0.120. The standard InChI is InChI=1S/C21H27NO4/c1-4-25-18-7-5-17(6-8-18)21(9-11-24-12-10-21)14-22-20(23)19-13-15(2)26-16(19)3/h5-8,13H,4,9-12,14H2,1-3H3,(H,22,23). The molecule has 1 fully saturated rings. The Labute approximate surface area is 154 Å². The Bertz CT molecular complexity index is 742. The number of aryl methyl sites for hydroxylation is 2. The van der Waals surface area contributed by atoms with Crippen LogP contribution in [0.25, 0.3) is 0 Å². The van der Waals surface area contributed by atoms with Crippen molar-refractivity contribution >= 4 is 5.91 Å². The molecule has 1 aromatic carbocycles. The summed E-state index contributed by atoms with van der Waals surface area (Å²) in [6, 6.07) is 10.0. The molecule has 1 aliphatic rings. The van der Waals surface area contributed by atoms with E-state index in [0.29, 0.717) is 37.7 Å². The number of benzene rings is 1. The summed E-state index contributed by atoms with van der Waals surface area (Å²) >= 11 is 0. The van der Waals surface area contributed by atoms with Crippen LogP contribution in [0, 0.1) is 13.8 Å². The van der Waals surface area contributed by atoms with Crippen molar-refractivity contribution in [1.29, 1.82) is 0 Å². The molecule has 0 radical (unpaired) electrons. The predicted octanol–water partition coefficient (Wildman–Crippen LogP) is 3.77. The lowest BCUT2D eigenvalue weighted by molar-refractivity contribution is 0.0487. The molecule has 1 aliphatic heterocycles. The van der Waals surface area contributed by atoms with E-state index in [-0.39, 0.29) is 11.3 Å². The van der Waals surface area contributed by atoms with Gasteiger partial charge in [0.05, 0.1) is 12.2 Å². The Balaban J connectivity index is 1.77. The monoisotopic (exact) mass is 357 g/mol. The molecule has 5 nitrogen and oxygen atoms in total. The molecule has 0 saturated carbocycles. The maximum Gasteiger partial charge on any atom is 0.254 e. The highest BCUT2D eigenvalue weighted by Crippen LogP contribution is 2.35. The first-order valence-corrected chi connectivity index (χ1v) is 9.20. The molecule has 2 heterocycles. The van der Waals surface area contributed by atoms with Crippen molar-refractivity contribution in [2.75, 3.05) is 26.4 Å². The van der Waals surface area contributed by atoms with Gasteiger partial charge in [0.2, 0.25) is 0 Å². The first-order valence-electron chi connectivity index (χ1n) is 9.20. The van der Waals surface area contributed by atoms with Gasteiger partial charge in [-0.05, 0) is 57.4 Å². The van der Waals surface area contributed by atoms with Gasteiger partial charge in [0, 0.05) is 25.2 Å². The summed E-state index contributed by atoms with van der Waals surface area (Å²) in [5, 5.41) is 3.12. The second kappa shape index (κ2) is 7.96. The summed E-state index contributed by atoms with van der Waals surface area (Å²) < 4.78 is 16.6. The molecule has 2 aromatic rings. The van der Waals surface area contributed by atoms with E-state index in [4.69, 9.17) is 13.9 Å². The third-order valence-electron chi connectivity index (χ3n) is 5.10. The Hall–Kier alpha value is -2.27. The Morgan fingerprint density at radius 1 is 1.19 bits per heavy atom. The van der Waals surface area contributed by atoms with Gasteiger partial charge in [-0.1, -0.05) is 12.1 Å². The van der Waals surface area contributed by atoms with E-state index in [0.717, 1.165) is 24.4 Å². The van der Waals surface area contributed by atoms with E-state index in [1.54, 1.807) is 6.07 Å². The molecule has 1 saturated heterocycles. The van der Waals surface area contributed by atoms with Crippen LogP contribution >= 0.6 is 0 Å². The fourth-order valence-electron chi connectivity index (χ4n) is 3.60. The van der Waals surface area contributed by atoms with E-state index in [2.05, 4.69) is 17.4 Å². The number of amides is 1. The number of ether oxygens (including phenoxy) is 2. The summed E-state index contributed by atoms with van der Waals surface area (Å²) in [5.41, 5.74) is 1.70. The van der Waals surface area contributed by atoms with Crippen molar-refractivity contribution in [1.82, 2.24) is 5.32 Å². The Kier molecular flexibility index (Phi) is 5.67. The third-order valence-corrected chi connectivity index (χ3v) is 5.10. The van der Waals surface area contributed by atoms with Gasteiger partial charge in [-0.3, -0.25) is 4.79 Å². The van der Waals surface area contributed by atoms with E-state index in [1.807, 2.05) is 32.9 Å². The lowest BCUT2D eigenvalue weighted by Gasteiger charge is -2.38. The molecule has 26 heavy (non-hydrogen) atoms. The van der Waals surface area contributed by atoms with E-state index in [9.17, 15) is 4.79 Å². The van der Waals surface area contributed by atoms with Crippen molar-refractivity contribution in [3.05, 3.63) is 53.0 Å². The van der Waals surface area contributed by atoms with Gasteiger partial charge in [0.1, 0.15) is 17.3 Å². The lowest BCUT2D eigenvalue weighted by atomic mass is 9.74. The van der Waals surface area contributed by atoms with E-state index in [1.165, 1.54) is 5.56 Å². The third kappa shape index (κ3) is 3.93. The van der Waals surface area contributed by atoms with Crippen LogP contribution in [-0.2, 0) is 10.2 Å². The van der Waals surface area contributed by atoms with Gasteiger partial charge in [-0.2, -0.15) is 0 Å². The van der Waals surface area contributed by atoms with Crippen LogP contribution in [0.15, 0.2) is 34.7 Å². The van der Waals surface area contributed by atoms with Gasteiger partial charge >= 0.3 is 0 Å². The fraction of sp³-hybridized carbons (Fsp3) is 0.476. The van der Waals surface area contributed by atoms with Crippen LogP contribution in [0.1, 0.15) is 47.2 Å². The normalized spacial score (nSPS) is 16.3. The van der Waals surface area contributed by atoms with Crippen LogP contribution < -0.4 is 10.1 Å². The van der Waals surface area contributed by atoms with Gasteiger partial charge in [-0.15, -0.1) is 0 Å². The zero-order valence-electron chi connectivity index (χ0n) is 15.8. The summed E-state index contributed by atoms with van der Waals surface area (Å²) in [4.78, 5) is 12.6. The SMILES string of the molecule is CCOc1ccc(C2(CNC(=O)c3cc(C)oc3C)CCOCC2)cc1. The predicted molar refractivity (Wildman–Crippen MR) is 99.9 cm³/mol. The van der Waals surface area contributed by atoms with Crippen molar-refractivity contribution < 1.29 is 18.7 Å². The van der Waals surface area contributed by atoms with Gasteiger partial charge in [-0.25, -0.2) is 0 Å². The van der Waals surface area contributed by atoms with Gasteiger partial charge < -0.3 is 19.2 Å². The summed E-state index contributed by atoms with van der Waals surface area (Å²) in [7, 11) is 0. The van der Waals surface area contributed by atoms with Crippen LogP contribution in [-0.4, -0.2) is 32.3 Å². The molecule has 0 spiro atoms. The van der Waals surface area contributed by atoms with Crippen LogP contribution in [0.4, 0.5) is 0 Å². The fourth-order valence-corrected chi connectivity index (χ4v) is 3.60. The molecule has 1 aromatic heterocycles. The van der Waals surface area contributed by atoms with Gasteiger partial charge in [0.25, 0.3) is 5.91 Å². The molecular weight excluding hydrogens is 330 g/mol. The maximum absolute atomic E-state index is 12.6. The second-order valence-electron chi connectivity index (χ2n) is 6.86. The second-order valence-corrected chi connectivity index (χ2v) is 6.86. The quantitative estimate of drug-likeness (QED) is 0.855. The topological polar surface area (TPSA) is 60.7 Å². The van der Waals surface area contributed by atoms with Crippen molar-refractivity contribution in [3.8, 4) is 5.75 Å². The zero-order valence-corrected chi connectivity index (χ0v) is 15.8. The molecule has 0 aliphatic carbocycles. The number of hydrogen-bond donors (Lipinski definition) is 1. The van der Waals surface area contributed by atoms with Crippen LogP contribution in [0.3, 0.4) is 0 Å². The number of carbonyl (C=O) groups excluding carboxylic acids is 1. The molecule has 0 bridgehead atoms. The molecule has 5 heteroatoms. The summed E-state index contributed by atoms with van der Waals surface area (Å²) in [6.07, 6.45) is 1.76. The summed E-state index contributed by atoms with van der Waals surface area (Å²) in [5.74, 6) is 2.19. The number of hydrogen-bond acceptors (Lipinski definition) is 4. The van der Waals surface area contributed by atoms with Crippen molar-refractivity contribution in [2.45, 2.75) is 39.0 Å². The highest BCUT2D eigenvalue weighted by atomic mass is 16.5. The molecule has 1 N–H and O–H groups in total. The highest BCUT2D eigenvalue weighted by molar-refractivity contribution is 5.95. The number of nitrogens with one attached hydrogen (secondary N) is 1. The molecule has 0 unspecified atom stereocenters. The molecular formula is C21H27NO4.